The average Bonchev–Trinajstić information content (AvgIpc) is 3.66. The lowest BCUT2D eigenvalue weighted by Crippen LogP contribution is -2.28. The number of hydrogen-bond donors (Lipinski definition) is 5. The van der Waals surface area contributed by atoms with E-state index in [0.717, 1.165) is 29.6 Å². The summed E-state index contributed by atoms with van der Waals surface area (Å²) < 4.78 is 42.8. The Morgan fingerprint density at radius 2 is 1.58 bits per heavy atom. The van der Waals surface area contributed by atoms with E-state index in [1.54, 1.807) is 6.07 Å². The molecule has 15 heteroatoms. The number of benzene rings is 5. The Balaban J connectivity index is 0.988. The molecule has 0 radical (unpaired) electrons. The summed E-state index contributed by atoms with van der Waals surface area (Å²) in [5.74, 6) is -3.09. The van der Waals surface area contributed by atoms with Gasteiger partial charge in [-0.3, -0.25) is 14.1 Å². The van der Waals surface area contributed by atoms with Gasteiger partial charge in [0.05, 0.1) is 33.5 Å². The first-order chi connectivity index (χ1) is 33.6. The summed E-state index contributed by atoms with van der Waals surface area (Å²) in [4.78, 5) is 52.3. The molecular weight excluding hydrogens is 923 g/mol. The molecule has 4 aromatic carbocycles. The minimum Gasteiger partial charge on any atom is -0.507 e. The molecule has 366 valence electrons. The van der Waals surface area contributed by atoms with Gasteiger partial charge >= 0.3 is 11.9 Å². The molecule has 0 saturated heterocycles. The second kappa shape index (κ2) is 19.3. The van der Waals surface area contributed by atoms with Gasteiger partial charge in [0, 0.05) is 76.5 Å². The van der Waals surface area contributed by atoms with Crippen molar-refractivity contribution in [1.82, 2.24) is 5.32 Å². The van der Waals surface area contributed by atoms with Crippen LogP contribution in [-0.2, 0) is 32.3 Å². The van der Waals surface area contributed by atoms with E-state index in [1.807, 2.05) is 38.2 Å². The van der Waals surface area contributed by atoms with Crippen molar-refractivity contribution in [1.29, 1.82) is 0 Å². The first-order valence-electron chi connectivity index (χ1n) is 23.4. The number of nitrogens with zero attached hydrogens (tertiary/aromatic N) is 2. The molecule has 3 heterocycles. The van der Waals surface area contributed by atoms with Crippen LogP contribution in [0.1, 0.15) is 103 Å². The molecule has 4 aromatic rings. The van der Waals surface area contributed by atoms with Crippen molar-refractivity contribution >= 4 is 56.0 Å². The second-order valence-corrected chi connectivity index (χ2v) is 20.5. The van der Waals surface area contributed by atoms with Crippen molar-refractivity contribution in [2.45, 2.75) is 89.5 Å². The predicted molar refractivity (Wildman–Crippen MR) is 273 cm³/mol. The molecule has 0 unspecified atom stereocenters. The number of carbonyl (C=O) groups excluding carboxylic acids is 1. The molecule has 4 aliphatic rings. The number of rotatable bonds is 16. The number of aromatic hydroxyl groups is 1. The van der Waals surface area contributed by atoms with E-state index < -0.39 is 27.5 Å². The fourth-order valence-corrected chi connectivity index (χ4v) is 10.6. The minimum absolute atomic E-state index is 0.0956. The highest BCUT2D eigenvalue weighted by atomic mass is 32.2. The number of unbranched alkanes of at least 4 members (excludes halogenated alkanes) is 2. The SMILES string of the molecule is CCN1C(=CC=CC=CC2=[N+](CCCCCC(=O)NCc3c(O)ccc4c(-c5ccc(C(=O)O)cc5C(=O)O)c5ccc(=O)cc-5oc34)c3ccc(S(=O)(=O)O)cc3C2(C)C)C(C)(C)c2cc(C)ccc21. The summed E-state index contributed by atoms with van der Waals surface area (Å²) in [5.41, 5.74) is 6.91. The second-order valence-electron chi connectivity index (χ2n) is 19.0. The number of carboxylic acid groups (broad SMARTS) is 2. The fraction of sp³-hybridized carbons (Fsp3) is 0.268. The van der Waals surface area contributed by atoms with E-state index in [9.17, 15) is 47.5 Å². The molecule has 5 N–H and O–H groups in total. The highest BCUT2D eigenvalue weighted by molar-refractivity contribution is 7.85. The Morgan fingerprint density at radius 3 is 2.30 bits per heavy atom. The lowest BCUT2D eigenvalue weighted by atomic mass is 9.81. The van der Waals surface area contributed by atoms with Crippen molar-refractivity contribution in [3.05, 3.63) is 165 Å². The number of fused-ring (bicyclic) bond motifs is 4. The van der Waals surface area contributed by atoms with Crippen LogP contribution in [0.3, 0.4) is 0 Å². The number of anilines is 1. The Kier molecular flexibility index (Phi) is 13.5. The number of allylic oxidation sites excluding steroid dienone is 6. The van der Waals surface area contributed by atoms with Gasteiger partial charge in [-0.2, -0.15) is 13.0 Å². The van der Waals surface area contributed by atoms with Gasteiger partial charge in [-0.25, -0.2) is 9.59 Å². The Bertz CT molecular complexity index is 3450. The smallest absolute Gasteiger partial charge is 0.336 e. The third kappa shape index (κ3) is 9.54. The zero-order valence-corrected chi connectivity index (χ0v) is 41.2. The molecule has 3 aliphatic heterocycles. The predicted octanol–water partition coefficient (Wildman–Crippen LogP) is 10.3. The number of likely N-dealkylation sites (N-methyl/N-ethyl adjacent to an activating group) is 1. The van der Waals surface area contributed by atoms with Gasteiger partial charge in [0.1, 0.15) is 23.6 Å². The van der Waals surface area contributed by atoms with Gasteiger partial charge in [0.25, 0.3) is 10.1 Å². The Morgan fingerprint density at radius 1 is 0.817 bits per heavy atom. The van der Waals surface area contributed by atoms with Crippen molar-refractivity contribution < 1.29 is 51.7 Å². The largest absolute Gasteiger partial charge is 0.507 e. The Labute approximate surface area is 411 Å². The number of carbonyl (C=O) groups is 3. The fourth-order valence-electron chi connectivity index (χ4n) is 10.1. The van der Waals surface area contributed by atoms with Crippen LogP contribution in [0.5, 0.6) is 5.75 Å². The summed E-state index contributed by atoms with van der Waals surface area (Å²) in [6.07, 6.45) is 12.2. The van der Waals surface area contributed by atoms with Crippen molar-refractivity contribution in [2.24, 2.45) is 0 Å². The molecule has 0 bridgehead atoms. The number of hydrogen-bond acceptors (Lipinski definition) is 9. The van der Waals surface area contributed by atoms with Crippen molar-refractivity contribution in [2.75, 3.05) is 18.0 Å². The molecular formula is C56H56N3O11S+. The van der Waals surface area contributed by atoms with Gasteiger partial charge in [0.15, 0.2) is 11.1 Å². The Hall–Kier alpha value is -7.62. The van der Waals surface area contributed by atoms with Crippen LogP contribution < -0.4 is 15.6 Å². The first kappa shape index (κ1) is 49.8. The normalized spacial score (nSPS) is 15.6. The van der Waals surface area contributed by atoms with Crippen molar-refractivity contribution in [3.8, 4) is 28.2 Å². The van der Waals surface area contributed by atoms with E-state index in [2.05, 4.69) is 66.8 Å². The highest BCUT2D eigenvalue weighted by Gasteiger charge is 2.45. The number of aryl methyl sites for hydroxylation is 1. The van der Waals surface area contributed by atoms with E-state index >= 15 is 0 Å². The molecule has 1 aliphatic carbocycles. The maximum absolute atomic E-state index is 13.4. The van der Waals surface area contributed by atoms with E-state index in [4.69, 9.17) is 4.42 Å². The van der Waals surface area contributed by atoms with Crippen LogP contribution in [0.2, 0.25) is 0 Å². The average molecular weight is 979 g/mol. The summed E-state index contributed by atoms with van der Waals surface area (Å²) in [6, 6.07) is 21.9. The molecule has 71 heavy (non-hydrogen) atoms. The molecule has 0 saturated carbocycles. The molecule has 0 aromatic heterocycles. The lowest BCUT2D eigenvalue weighted by molar-refractivity contribution is -0.438. The van der Waals surface area contributed by atoms with Crippen LogP contribution >= 0.6 is 0 Å². The molecule has 0 fully saturated rings. The maximum atomic E-state index is 13.4. The molecule has 8 rings (SSSR count). The topological polar surface area (TPSA) is 215 Å². The quantitative estimate of drug-likeness (QED) is 0.0201. The maximum Gasteiger partial charge on any atom is 0.336 e. The standard InChI is InChI=1S/C56H55N3O11S/c1-7-58-44-24-17-33(2)28-42(44)55(3,4)48(58)14-10-8-11-15-49-56(5,6)43-31-36(71(67,68)69)20-25-45(43)59(49)27-13-9-12-16-50(62)57-32-41-46(61)26-23-39-51(38-22-19-35(60)30-47(38)70-52(39)41)37-21-18-34(53(63)64)29-40(37)54(65)66/h8,10-11,14-15,17-26,28-31H,7,9,12-13,16,27,32H2,1-6H3,(H4-,57,60,61,62,63,64,65,66,67,68,69)/p+1. The van der Waals surface area contributed by atoms with Gasteiger partial charge < -0.3 is 30.0 Å². The monoisotopic (exact) mass is 978 g/mol. The number of aromatic carboxylic acids is 2. The number of phenolic OH excluding ortho intramolecular Hbond substituents is 1. The third-order valence-corrected chi connectivity index (χ3v) is 14.6. The number of nitrogens with one attached hydrogen (secondary N) is 1. The third-order valence-electron chi connectivity index (χ3n) is 13.7. The zero-order chi connectivity index (χ0) is 51.2. The van der Waals surface area contributed by atoms with Crippen LogP contribution in [0.15, 0.2) is 135 Å². The number of phenols is 1. The van der Waals surface area contributed by atoms with Gasteiger partial charge in [-0.1, -0.05) is 55.8 Å². The molecule has 0 spiro atoms. The summed E-state index contributed by atoms with van der Waals surface area (Å²) in [5, 5.41) is 34.1. The van der Waals surface area contributed by atoms with Gasteiger partial charge in [-0.05, 0) is 112 Å². The van der Waals surface area contributed by atoms with E-state index in [-0.39, 0.29) is 74.0 Å². The van der Waals surface area contributed by atoms with Crippen LogP contribution in [0, 0.1) is 6.92 Å². The lowest BCUT2D eigenvalue weighted by Gasteiger charge is -2.25. The van der Waals surface area contributed by atoms with E-state index in [0.29, 0.717) is 42.3 Å². The van der Waals surface area contributed by atoms with Gasteiger partial charge in [0.2, 0.25) is 11.6 Å². The summed E-state index contributed by atoms with van der Waals surface area (Å²) in [6.45, 7) is 14.0. The minimum atomic E-state index is -4.45. The number of carboxylic acids is 2. The molecule has 14 nitrogen and oxygen atoms in total. The first-order valence-corrected chi connectivity index (χ1v) is 24.9. The zero-order valence-electron chi connectivity index (χ0n) is 40.4. The van der Waals surface area contributed by atoms with Crippen LogP contribution in [0.4, 0.5) is 11.4 Å². The van der Waals surface area contributed by atoms with Gasteiger partial charge in [-0.15, -0.1) is 0 Å². The van der Waals surface area contributed by atoms with Crippen LogP contribution in [-0.4, -0.2) is 69.5 Å². The summed E-state index contributed by atoms with van der Waals surface area (Å²) >= 11 is 0. The highest BCUT2D eigenvalue weighted by Crippen LogP contribution is 2.48. The van der Waals surface area contributed by atoms with E-state index in [1.165, 1.54) is 77.1 Å². The summed E-state index contributed by atoms with van der Waals surface area (Å²) in [7, 11) is -4.45. The molecule has 1 amide bonds. The number of amides is 1. The molecule has 0 atom stereocenters. The van der Waals surface area contributed by atoms with Crippen LogP contribution in [0.25, 0.3) is 33.4 Å². The van der Waals surface area contributed by atoms with Crippen molar-refractivity contribution in [3.63, 3.8) is 0 Å².